The predicted molar refractivity (Wildman–Crippen MR) is 72.3 cm³/mol. The number of hydrogen-bond donors (Lipinski definition) is 0. The van der Waals surface area contributed by atoms with Crippen molar-refractivity contribution in [1.29, 1.82) is 0 Å². The zero-order valence-corrected chi connectivity index (χ0v) is 13.9. The summed E-state index contributed by atoms with van der Waals surface area (Å²) in [5, 5.41) is 1.96. The van der Waals surface area contributed by atoms with E-state index in [1.54, 1.807) is 6.07 Å². The second kappa shape index (κ2) is 6.51. The molecular weight excluding hydrogens is 267 g/mol. The molecule has 4 heteroatoms. The third kappa shape index (κ3) is 2.96. The molecule has 2 aromatic carbocycles. The van der Waals surface area contributed by atoms with Crippen LogP contribution in [0.4, 0.5) is 0 Å². The number of fused-ring (bicyclic) bond motifs is 1. The Hall–Kier alpha value is -0.190. The first-order valence-corrected chi connectivity index (χ1v) is 7.46. The summed E-state index contributed by atoms with van der Waals surface area (Å²) >= 11 is -2.16. The van der Waals surface area contributed by atoms with Crippen molar-refractivity contribution >= 4 is 21.9 Å². The van der Waals surface area contributed by atoms with Crippen LogP contribution in [0.2, 0.25) is 0 Å². The summed E-state index contributed by atoms with van der Waals surface area (Å²) in [6.07, 6.45) is 5.02. The molecule has 1 aliphatic carbocycles. The average molecular weight is 282 g/mol. The molecule has 2 aromatic rings. The molecule has 94 valence electrons. The Morgan fingerprint density at radius 3 is 2.32 bits per heavy atom. The average Bonchev–Trinajstić information content (AvgIpc) is 2.91. The topological polar surface area (TPSA) is 40.1 Å². The van der Waals surface area contributed by atoms with E-state index in [0.717, 1.165) is 10.8 Å². The van der Waals surface area contributed by atoms with E-state index in [0.29, 0.717) is 10.8 Å². The third-order valence-corrected chi connectivity index (χ3v) is 4.61. The van der Waals surface area contributed by atoms with Crippen LogP contribution in [0.3, 0.4) is 0 Å². The van der Waals surface area contributed by atoms with Gasteiger partial charge in [0.2, 0.25) is 0 Å². The summed E-state index contributed by atoms with van der Waals surface area (Å²) < 4.78 is 22.5. The first kappa shape index (κ1) is 15.2. The van der Waals surface area contributed by atoms with E-state index in [1.807, 2.05) is 24.3 Å². The van der Waals surface area contributed by atoms with E-state index >= 15 is 0 Å². The van der Waals surface area contributed by atoms with Gasteiger partial charge in [0.1, 0.15) is 0 Å². The quantitative estimate of drug-likeness (QED) is 0.602. The predicted octanol–water partition coefficient (Wildman–Crippen LogP) is 0.739. The SMILES string of the molecule is O=S([O-])c1cccc2c(C3CCCC3)cccc12.[Na+]. The van der Waals surface area contributed by atoms with Crippen LogP contribution < -0.4 is 29.6 Å². The van der Waals surface area contributed by atoms with Crippen molar-refractivity contribution in [3.8, 4) is 0 Å². The molecule has 0 bridgehead atoms. The first-order valence-electron chi connectivity index (χ1n) is 6.38. The summed E-state index contributed by atoms with van der Waals surface area (Å²) in [6.45, 7) is 0. The molecule has 0 radical (unpaired) electrons. The molecule has 0 amide bonds. The molecular formula is C15H15NaO2S. The monoisotopic (exact) mass is 282 g/mol. The van der Waals surface area contributed by atoms with Crippen LogP contribution in [-0.4, -0.2) is 8.76 Å². The van der Waals surface area contributed by atoms with E-state index in [-0.39, 0.29) is 29.6 Å². The Kier molecular flexibility index (Phi) is 5.21. The molecule has 1 atom stereocenters. The normalized spacial score (nSPS) is 17.3. The smallest absolute Gasteiger partial charge is 0.768 e. The van der Waals surface area contributed by atoms with Gasteiger partial charge >= 0.3 is 29.6 Å². The summed E-state index contributed by atoms with van der Waals surface area (Å²) in [7, 11) is 0. The number of hydrogen-bond acceptors (Lipinski definition) is 2. The van der Waals surface area contributed by atoms with Crippen molar-refractivity contribution in [2.24, 2.45) is 0 Å². The largest absolute Gasteiger partial charge is 1.00 e. The Bertz CT molecular complexity index is 606. The first-order chi connectivity index (χ1) is 8.77. The molecule has 1 saturated carbocycles. The van der Waals surface area contributed by atoms with Gasteiger partial charge in [0.25, 0.3) is 0 Å². The zero-order valence-electron chi connectivity index (χ0n) is 11.1. The van der Waals surface area contributed by atoms with Gasteiger partial charge in [-0.1, -0.05) is 43.2 Å². The molecule has 1 unspecified atom stereocenters. The second-order valence-corrected chi connectivity index (χ2v) is 5.82. The standard InChI is InChI=1S/C15H16O2S.Na/c16-18(17)15-10-4-8-13-12(7-3-9-14(13)15)11-5-1-2-6-11;/h3-4,7-11H,1-2,5-6H2,(H,16,17);/q;+1/p-1. The Balaban J connectivity index is 0.00000133. The Morgan fingerprint density at radius 2 is 1.63 bits per heavy atom. The van der Waals surface area contributed by atoms with E-state index in [9.17, 15) is 8.76 Å². The third-order valence-electron chi connectivity index (χ3n) is 3.89. The number of rotatable bonds is 2. The van der Waals surface area contributed by atoms with Crippen LogP contribution >= 0.6 is 0 Å². The minimum atomic E-state index is -2.16. The Morgan fingerprint density at radius 1 is 1.00 bits per heavy atom. The van der Waals surface area contributed by atoms with E-state index in [4.69, 9.17) is 0 Å². The molecule has 0 aliphatic heterocycles. The van der Waals surface area contributed by atoms with Crippen molar-refractivity contribution in [1.82, 2.24) is 0 Å². The van der Waals surface area contributed by atoms with Crippen molar-refractivity contribution in [2.75, 3.05) is 0 Å². The van der Waals surface area contributed by atoms with Crippen LogP contribution in [-0.2, 0) is 11.1 Å². The molecule has 3 rings (SSSR count). The van der Waals surface area contributed by atoms with E-state index in [2.05, 4.69) is 6.07 Å². The fraction of sp³-hybridized carbons (Fsp3) is 0.333. The van der Waals surface area contributed by atoms with Gasteiger partial charge in [-0.15, -0.1) is 0 Å². The van der Waals surface area contributed by atoms with Crippen molar-refractivity contribution in [3.63, 3.8) is 0 Å². The fourth-order valence-corrected chi connectivity index (χ4v) is 3.59. The summed E-state index contributed by atoms with van der Waals surface area (Å²) in [6, 6.07) is 11.6. The summed E-state index contributed by atoms with van der Waals surface area (Å²) in [5.41, 5.74) is 1.32. The van der Waals surface area contributed by atoms with Crippen molar-refractivity contribution in [2.45, 2.75) is 36.5 Å². The van der Waals surface area contributed by atoms with Gasteiger partial charge in [-0.3, -0.25) is 4.21 Å². The molecule has 0 spiro atoms. The van der Waals surface area contributed by atoms with Crippen LogP contribution in [0.1, 0.15) is 37.2 Å². The minimum Gasteiger partial charge on any atom is -0.768 e. The maximum atomic E-state index is 11.2. The maximum Gasteiger partial charge on any atom is 1.00 e. The van der Waals surface area contributed by atoms with Gasteiger partial charge in [-0.05, 0) is 52.2 Å². The second-order valence-electron chi connectivity index (χ2n) is 4.91. The van der Waals surface area contributed by atoms with Gasteiger partial charge in [0.15, 0.2) is 0 Å². The van der Waals surface area contributed by atoms with Crippen molar-refractivity contribution < 1.29 is 38.3 Å². The number of benzene rings is 2. The zero-order chi connectivity index (χ0) is 12.5. The molecule has 2 nitrogen and oxygen atoms in total. The summed E-state index contributed by atoms with van der Waals surface area (Å²) in [5.74, 6) is 0.601. The van der Waals surface area contributed by atoms with E-state index in [1.165, 1.54) is 31.2 Å². The summed E-state index contributed by atoms with van der Waals surface area (Å²) in [4.78, 5) is 0.410. The molecule has 1 aliphatic rings. The van der Waals surface area contributed by atoms with Gasteiger partial charge in [-0.2, -0.15) is 0 Å². The molecule has 0 N–H and O–H groups in total. The molecule has 0 saturated heterocycles. The molecule has 19 heavy (non-hydrogen) atoms. The van der Waals surface area contributed by atoms with E-state index < -0.39 is 11.1 Å². The van der Waals surface area contributed by atoms with Gasteiger partial charge in [0, 0.05) is 4.90 Å². The maximum absolute atomic E-state index is 11.2. The van der Waals surface area contributed by atoms with Crippen molar-refractivity contribution in [3.05, 3.63) is 42.0 Å². The van der Waals surface area contributed by atoms with Gasteiger partial charge in [0.05, 0.1) is 0 Å². The molecule has 1 fully saturated rings. The van der Waals surface area contributed by atoms with Crippen LogP contribution in [0.15, 0.2) is 41.3 Å². The minimum absolute atomic E-state index is 0. The molecule has 0 aromatic heterocycles. The molecule has 0 heterocycles. The van der Waals surface area contributed by atoms with Gasteiger partial charge in [-0.25, -0.2) is 0 Å². The van der Waals surface area contributed by atoms with Gasteiger partial charge < -0.3 is 4.55 Å². The van der Waals surface area contributed by atoms with Crippen LogP contribution in [0, 0.1) is 0 Å². The van der Waals surface area contributed by atoms with Crippen LogP contribution in [0.5, 0.6) is 0 Å². The Labute approximate surface area is 138 Å². The van der Waals surface area contributed by atoms with Crippen LogP contribution in [0.25, 0.3) is 10.8 Å². The fourth-order valence-electron chi connectivity index (χ4n) is 3.04.